The Morgan fingerprint density at radius 3 is 2.19 bits per heavy atom. The van der Waals surface area contributed by atoms with E-state index in [0.29, 0.717) is 0 Å². The van der Waals surface area contributed by atoms with Crippen LogP contribution in [0.4, 0.5) is 11.4 Å². The minimum absolute atomic E-state index is 0.116. The quantitative estimate of drug-likeness (QED) is 0.532. The molecule has 6 heteroatoms. The molecule has 0 atom stereocenters. The molecule has 3 aromatic carbocycles. The predicted octanol–water partition coefficient (Wildman–Crippen LogP) is 4.37. The van der Waals surface area contributed by atoms with Crippen LogP contribution >= 0.6 is 11.8 Å². The summed E-state index contributed by atoms with van der Waals surface area (Å²) in [5.74, 6) is -0.116. The highest BCUT2D eigenvalue weighted by Crippen LogP contribution is 2.47. The van der Waals surface area contributed by atoms with Gasteiger partial charge in [0.1, 0.15) is 12.1 Å². The molecule has 0 N–H and O–H groups in total. The molecule has 0 fully saturated rings. The van der Waals surface area contributed by atoms with E-state index in [0.717, 1.165) is 32.2 Å². The van der Waals surface area contributed by atoms with E-state index in [-0.39, 0.29) is 12.5 Å². The molecule has 0 bridgehead atoms. The van der Waals surface area contributed by atoms with Gasteiger partial charge >= 0.3 is 0 Å². The third-order valence-electron chi connectivity index (χ3n) is 4.41. The zero-order chi connectivity index (χ0) is 17.5. The Labute approximate surface area is 154 Å². The Balaban J connectivity index is 1.57. The monoisotopic (exact) mass is 358 g/mol. The molecule has 0 spiro atoms. The van der Waals surface area contributed by atoms with Crippen LogP contribution in [-0.2, 0) is 0 Å². The second-order valence-electron chi connectivity index (χ2n) is 6.01. The molecule has 1 aliphatic heterocycles. The van der Waals surface area contributed by atoms with Gasteiger partial charge in [0.05, 0.1) is 16.9 Å². The first-order valence-electron chi connectivity index (χ1n) is 8.28. The maximum Gasteiger partial charge on any atom is 0.268 e. The summed E-state index contributed by atoms with van der Waals surface area (Å²) in [7, 11) is 0. The molecule has 0 radical (unpaired) electrons. The first kappa shape index (κ1) is 15.2. The molecule has 0 aliphatic carbocycles. The van der Waals surface area contributed by atoms with Crippen molar-refractivity contribution in [1.29, 1.82) is 0 Å². The third-order valence-corrected chi connectivity index (χ3v) is 5.54. The highest BCUT2D eigenvalue weighted by Gasteiger charge is 2.25. The van der Waals surface area contributed by atoms with Crippen molar-refractivity contribution in [2.45, 2.75) is 9.79 Å². The molecule has 5 rings (SSSR count). The number of rotatable bonds is 2. The van der Waals surface area contributed by atoms with E-state index in [9.17, 15) is 4.79 Å². The fourth-order valence-electron chi connectivity index (χ4n) is 3.21. The minimum Gasteiger partial charge on any atom is -0.330 e. The van der Waals surface area contributed by atoms with Gasteiger partial charge in [0, 0.05) is 9.79 Å². The van der Waals surface area contributed by atoms with Crippen molar-refractivity contribution in [1.82, 2.24) is 15.0 Å². The van der Waals surface area contributed by atoms with Gasteiger partial charge in [0.25, 0.3) is 5.91 Å². The number of carbonyl (C=O) groups is 1. The van der Waals surface area contributed by atoms with Crippen LogP contribution in [0.2, 0.25) is 0 Å². The van der Waals surface area contributed by atoms with Crippen LogP contribution in [0.5, 0.6) is 0 Å². The Hall–Kier alpha value is -3.12. The van der Waals surface area contributed by atoms with E-state index in [2.05, 4.69) is 27.3 Å². The predicted molar refractivity (Wildman–Crippen MR) is 102 cm³/mol. The van der Waals surface area contributed by atoms with Gasteiger partial charge in [0.15, 0.2) is 0 Å². The average molecular weight is 358 g/mol. The Morgan fingerprint density at radius 1 is 0.846 bits per heavy atom. The van der Waals surface area contributed by atoms with Crippen LogP contribution in [0.25, 0.3) is 11.0 Å². The molecule has 0 unspecified atom stereocenters. The molecule has 4 aromatic rings. The zero-order valence-electron chi connectivity index (χ0n) is 13.7. The summed E-state index contributed by atoms with van der Waals surface area (Å²) >= 11 is 1.73. The summed E-state index contributed by atoms with van der Waals surface area (Å²) in [6.45, 7) is 0.196. The lowest BCUT2D eigenvalue weighted by Crippen LogP contribution is -2.31. The smallest absolute Gasteiger partial charge is 0.268 e. The van der Waals surface area contributed by atoms with Gasteiger partial charge < -0.3 is 4.90 Å². The van der Waals surface area contributed by atoms with Crippen molar-refractivity contribution in [3.8, 4) is 0 Å². The van der Waals surface area contributed by atoms with Crippen molar-refractivity contribution in [2.24, 2.45) is 0 Å². The van der Waals surface area contributed by atoms with E-state index in [1.54, 1.807) is 11.8 Å². The van der Waals surface area contributed by atoms with Crippen molar-refractivity contribution in [3.05, 3.63) is 72.8 Å². The first-order valence-corrected chi connectivity index (χ1v) is 9.10. The molecule has 5 nitrogen and oxygen atoms in total. The highest BCUT2D eigenvalue weighted by molar-refractivity contribution is 7.99. The second-order valence-corrected chi connectivity index (χ2v) is 7.09. The summed E-state index contributed by atoms with van der Waals surface area (Å²) < 4.78 is 1.39. The number of aromatic nitrogens is 3. The number of hydrogen-bond acceptors (Lipinski definition) is 5. The molecular formula is C20H14N4OS. The molecule has 2 heterocycles. The normalized spacial score (nSPS) is 12.7. The van der Waals surface area contributed by atoms with E-state index < -0.39 is 0 Å². The molecule has 1 aromatic heterocycles. The number of anilines is 2. The summed E-state index contributed by atoms with van der Waals surface area (Å²) in [6.07, 6.45) is 0. The summed E-state index contributed by atoms with van der Waals surface area (Å²) in [6, 6.07) is 23.8. The summed E-state index contributed by atoms with van der Waals surface area (Å²) in [5.41, 5.74) is 3.52. The molecular weight excluding hydrogens is 344 g/mol. The molecule has 126 valence electrons. The maximum atomic E-state index is 13.0. The fourth-order valence-corrected chi connectivity index (χ4v) is 4.30. The molecule has 1 aliphatic rings. The molecule has 0 saturated heterocycles. The van der Waals surface area contributed by atoms with Crippen LogP contribution in [0.1, 0.15) is 4.79 Å². The van der Waals surface area contributed by atoms with Gasteiger partial charge in [-0.15, -0.1) is 5.10 Å². The Bertz CT molecular complexity index is 1090. The van der Waals surface area contributed by atoms with Crippen LogP contribution in [-0.4, -0.2) is 27.4 Å². The topological polar surface area (TPSA) is 51.0 Å². The van der Waals surface area contributed by atoms with Crippen molar-refractivity contribution < 1.29 is 4.79 Å². The van der Waals surface area contributed by atoms with E-state index >= 15 is 0 Å². The third kappa shape index (κ3) is 2.38. The molecule has 0 saturated carbocycles. The number of benzene rings is 3. The summed E-state index contributed by atoms with van der Waals surface area (Å²) in [4.78, 5) is 17.4. The number of fused-ring (bicyclic) bond motifs is 3. The van der Waals surface area contributed by atoms with Crippen LogP contribution in [0.15, 0.2) is 82.6 Å². The van der Waals surface area contributed by atoms with Gasteiger partial charge in [-0.3, -0.25) is 4.79 Å². The lowest BCUT2D eigenvalue weighted by atomic mass is 10.2. The van der Waals surface area contributed by atoms with Gasteiger partial charge in [-0.05, 0) is 36.4 Å². The Morgan fingerprint density at radius 2 is 1.46 bits per heavy atom. The lowest BCUT2D eigenvalue weighted by Gasteiger charge is -2.32. The molecule has 26 heavy (non-hydrogen) atoms. The van der Waals surface area contributed by atoms with Gasteiger partial charge in [-0.25, -0.2) is 0 Å². The van der Waals surface area contributed by atoms with Gasteiger partial charge in [-0.2, -0.15) is 4.68 Å². The summed E-state index contributed by atoms with van der Waals surface area (Å²) in [5, 5.41) is 8.15. The van der Waals surface area contributed by atoms with E-state index in [1.807, 2.05) is 60.7 Å². The van der Waals surface area contributed by atoms with Gasteiger partial charge in [0.2, 0.25) is 0 Å². The standard InChI is InChI=1S/C20H14N4OS/c25-20(24-15-8-2-1-7-14(15)21-22-24)13-23-16-9-3-5-11-18(16)26-19-12-6-4-10-17(19)23/h1-12H,13H2. The van der Waals surface area contributed by atoms with E-state index in [1.165, 1.54) is 4.68 Å². The first-order chi connectivity index (χ1) is 12.8. The van der Waals surface area contributed by atoms with Crippen LogP contribution < -0.4 is 4.90 Å². The number of nitrogens with zero attached hydrogens (tertiary/aromatic N) is 4. The highest BCUT2D eigenvalue weighted by atomic mass is 32.2. The minimum atomic E-state index is -0.116. The second kappa shape index (κ2) is 6.00. The molecule has 0 amide bonds. The SMILES string of the molecule is O=C(CN1c2ccccc2Sc2ccccc21)n1nnc2ccccc21. The fraction of sp³-hybridized carbons (Fsp3) is 0.0500. The van der Waals surface area contributed by atoms with E-state index in [4.69, 9.17) is 0 Å². The average Bonchev–Trinajstić information content (AvgIpc) is 3.12. The zero-order valence-corrected chi connectivity index (χ0v) is 14.6. The van der Waals surface area contributed by atoms with Crippen molar-refractivity contribution in [3.63, 3.8) is 0 Å². The maximum absolute atomic E-state index is 13.0. The largest absolute Gasteiger partial charge is 0.330 e. The Kier molecular flexibility index (Phi) is 3.50. The van der Waals surface area contributed by atoms with Crippen molar-refractivity contribution in [2.75, 3.05) is 11.4 Å². The number of carbonyl (C=O) groups excluding carboxylic acids is 1. The van der Waals surface area contributed by atoms with Crippen molar-refractivity contribution >= 4 is 40.1 Å². The number of para-hydroxylation sites is 3. The number of hydrogen-bond donors (Lipinski definition) is 0. The lowest BCUT2D eigenvalue weighted by molar-refractivity contribution is 0.0911. The van der Waals surface area contributed by atoms with Crippen LogP contribution in [0.3, 0.4) is 0 Å². The van der Waals surface area contributed by atoms with Gasteiger partial charge in [-0.1, -0.05) is 53.4 Å². The van der Waals surface area contributed by atoms with Crippen LogP contribution in [0, 0.1) is 0 Å².